The predicted octanol–water partition coefficient (Wildman–Crippen LogP) is 2.46. The highest BCUT2D eigenvalue weighted by Gasteiger charge is 2.07. The number of hydrogen-bond acceptors (Lipinski definition) is 6. The Morgan fingerprint density at radius 2 is 2.04 bits per heavy atom. The van der Waals surface area contributed by atoms with Gasteiger partial charge < -0.3 is 15.0 Å². The zero-order valence-electron chi connectivity index (χ0n) is 14.3. The van der Waals surface area contributed by atoms with Crippen LogP contribution in [-0.2, 0) is 6.54 Å². The second kappa shape index (κ2) is 7.12. The number of hydrogen-bond donors (Lipinski definition) is 2. The minimum atomic E-state index is -0.131. The molecule has 0 aliphatic rings. The molecule has 2 N–H and O–H groups in total. The van der Waals surface area contributed by atoms with E-state index in [9.17, 15) is 4.79 Å². The number of aromatic amines is 1. The lowest BCUT2D eigenvalue weighted by Crippen LogP contribution is -2.14. The number of methoxy groups -OCH3 is 1. The molecule has 0 atom stereocenters. The predicted molar refractivity (Wildman–Crippen MR) is 95.7 cm³/mol. The fourth-order valence-electron chi connectivity index (χ4n) is 2.35. The molecule has 7 nitrogen and oxygen atoms in total. The van der Waals surface area contributed by atoms with Gasteiger partial charge in [0.15, 0.2) is 0 Å². The van der Waals surface area contributed by atoms with Gasteiger partial charge in [-0.2, -0.15) is 0 Å². The van der Waals surface area contributed by atoms with E-state index >= 15 is 0 Å². The van der Waals surface area contributed by atoms with E-state index in [1.807, 2.05) is 31.2 Å². The number of anilines is 1. The third-order valence-electron chi connectivity index (χ3n) is 3.93. The Bertz CT molecular complexity index is 935. The number of H-pyrrole nitrogens is 1. The summed E-state index contributed by atoms with van der Waals surface area (Å²) in [5, 5.41) is 3.22. The first-order valence-corrected chi connectivity index (χ1v) is 7.84. The lowest BCUT2D eigenvalue weighted by Gasteiger charge is -2.09. The van der Waals surface area contributed by atoms with Gasteiger partial charge in [0.2, 0.25) is 5.88 Å². The zero-order chi connectivity index (χ0) is 17.8. The van der Waals surface area contributed by atoms with Gasteiger partial charge >= 0.3 is 0 Å². The van der Waals surface area contributed by atoms with Crippen LogP contribution in [-0.4, -0.2) is 27.0 Å². The Morgan fingerprint density at radius 3 is 2.72 bits per heavy atom. The van der Waals surface area contributed by atoms with Gasteiger partial charge in [-0.1, -0.05) is 6.07 Å². The highest BCUT2D eigenvalue weighted by Crippen LogP contribution is 2.18. The van der Waals surface area contributed by atoms with Crippen LogP contribution in [0.25, 0.3) is 11.4 Å². The molecule has 0 saturated heterocycles. The Labute approximate surface area is 145 Å². The first kappa shape index (κ1) is 16.6. The molecule has 0 aromatic carbocycles. The second-order valence-electron chi connectivity index (χ2n) is 5.58. The van der Waals surface area contributed by atoms with Crippen LogP contribution >= 0.6 is 0 Å². The number of pyridine rings is 2. The summed E-state index contributed by atoms with van der Waals surface area (Å²) in [6.45, 7) is 4.11. The molecule has 3 heterocycles. The summed E-state index contributed by atoms with van der Waals surface area (Å²) >= 11 is 0. The minimum absolute atomic E-state index is 0.131. The smallest absolute Gasteiger partial charge is 0.254 e. The number of aromatic nitrogens is 4. The van der Waals surface area contributed by atoms with Crippen molar-refractivity contribution < 1.29 is 4.74 Å². The third-order valence-corrected chi connectivity index (χ3v) is 3.93. The van der Waals surface area contributed by atoms with E-state index in [1.54, 1.807) is 26.4 Å². The molecule has 0 spiro atoms. The minimum Gasteiger partial charge on any atom is -0.481 e. The molecule has 0 unspecified atom stereocenters. The van der Waals surface area contributed by atoms with Crippen molar-refractivity contribution in [3.05, 3.63) is 63.8 Å². The molecule has 0 aliphatic heterocycles. The summed E-state index contributed by atoms with van der Waals surface area (Å²) in [6.07, 6.45) is 3.36. The summed E-state index contributed by atoms with van der Waals surface area (Å²) in [7, 11) is 1.59. The largest absolute Gasteiger partial charge is 0.481 e. The monoisotopic (exact) mass is 337 g/mol. The number of nitrogens with zero attached hydrogens (tertiary/aromatic N) is 3. The normalized spacial score (nSPS) is 10.5. The number of ether oxygens (including phenoxy) is 1. The molecule has 3 aromatic rings. The van der Waals surface area contributed by atoms with E-state index in [0.29, 0.717) is 35.3 Å². The fraction of sp³-hybridized carbons (Fsp3) is 0.222. The lowest BCUT2D eigenvalue weighted by atomic mass is 10.2. The molecule has 0 saturated carbocycles. The molecular weight excluding hydrogens is 318 g/mol. The van der Waals surface area contributed by atoms with Gasteiger partial charge in [-0.15, -0.1) is 0 Å². The van der Waals surface area contributed by atoms with Crippen molar-refractivity contribution in [2.45, 2.75) is 20.4 Å². The van der Waals surface area contributed by atoms with Crippen LogP contribution < -0.4 is 15.6 Å². The average Bonchev–Trinajstić information content (AvgIpc) is 2.64. The van der Waals surface area contributed by atoms with Gasteiger partial charge in [0.05, 0.1) is 7.11 Å². The van der Waals surface area contributed by atoms with E-state index in [-0.39, 0.29) is 5.56 Å². The Kier molecular flexibility index (Phi) is 4.74. The van der Waals surface area contributed by atoms with Gasteiger partial charge in [-0.05, 0) is 32.0 Å². The molecular formula is C18H19N5O2. The van der Waals surface area contributed by atoms with Crippen LogP contribution in [0.1, 0.15) is 16.8 Å². The first-order valence-electron chi connectivity index (χ1n) is 7.84. The van der Waals surface area contributed by atoms with Crippen molar-refractivity contribution in [3.63, 3.8) is 0 Å². The molecule has 3 aromatic heterocycles. The van der Waals surface area contributed by atoms with Crippen LogP contribution in [0, 0.1) is 13.8 Å². The van der Waals surface area contributed by atoms with Crippen LogP contribution in [0.15, 0.2) is 41.5 Å². The quantitative estimate of drug-likeness (QED) is 0.743. The Morgan fingerprint density at radius 1 is 1.20 bits per heavy atom. The molecule has 3 rings (SSSR count). The topological polar surface area (TPSA) is 92.8 Å². The van der Waals surface area contributed by atoms with Crippen molar-refractivity contribution in [3.8, 4) is 17.3 Å². The van der Waals surface area contributed by atoms with E-state index < -0.39 is 0 Å². The Balaban J connectivity index is 1.75. The molecule has 0 radical (unpaired) electrons. The van der Waals surface area contributed by atoms with E-state index in [4.69, 9.17) is 4.74 Å². The number of aryl methyl sites for hydroxylation is 1. The van der Waals surface area contributed by atoms with Gasteiger partial charge in [-0.25, -0.2) is 15.0 Å². The standard InChI is InChI=1S/C18H19N5O2/c1-11-12(2)22-16(23-17(11)24)13-6-7-15(20-9-13)21-10-14-5-4-8-19-18(14)25-3/h4-9H,10H2,1-3H3,(H,20,21)(H,22,23,24). The number of nitrogens with one attached hydrogen (secondary N) is 2. The van der Waals surface area contributed by atoms with E-state index in [2.05, 4.69) is 25.3 Å². The van der Waals surface area contributed by atoms with E-state index in [0.717, 1.165) is 11.1 Å². The molecule has 0 bridgehead atoms. The van der Waals surface area contributed by atoms with Crippen molar-refractivity contribution in [2.75, 3.05) is 12.4 Å². The maximum atomic E-state index is 11.9. The highest BCUT2D eigenvalue weighted by molar-refractivity contribution is 5.56. The van der Waals surface area contributed by atoms with Crippen LogP contribution in [0.3, 0.4) is 0 Å². The summed E-state index contributed by atoms with van der Waals surface area (Å²) < 4.78 is 5.23. The maximum Gasteiger partial charge on any atom is 0.254 e. The van der Waals surface area contributed by atoms with Crippen LogP contribution in [0.5, 0.6) is 5.88 Å². The van der Waals surface area contributed by atoms with Crippen molar-refractivity contribution in [2.24, 2.45) is 0 Å². The zero-order valence-corrected chi connectivity index (χ0v) is 14.3. The highest BCUT2D eigenvalue weighted by atomic mass is 16.5. The van der Waals surface area contributed by atoms with Gasteiger partial charge in [0.1, 0.15) is 11.6 Å². The van der Waals surface area contributed by atoms with Crippen molar-refractivity contribution in [1.29, 1.82) is 0 Å². The molecule has 7 heteroatoms. The molecule has 0 amide bonds. The summed E-state index contributed by atoms with van der Waals surface area (Å²) in [4.78, 5) is 27.6. The number of rotatable bonds is 5. The van der Waals surface area contributed by atoms with Gasteiger partial charge in [0.25, 0.3) is 5.56 Å². The van der Waals surface area contributed by atoms with Crippen LogP contribution in [0.4, 0.5) is 5.82 Å². The molecule has 0 fully saturated rings. The third kappa shape index (κ3) is 3.65. The second-order valence-corrected chi connectivity index (χ2v) is 5.58. The summed E-state index contributed by atoms with van der Waals surface area (Å²) in [6, 6.07) is 7.50. The maximum absolute atomic E-state index is 11.9. The van der Waals surface area contributed by atoms with Gasteiger partial charge in [0, 0.05) is 41.3 Å². The van der Waals surface area contributed by atoms with Crippen LogP contribution in [0.2, 0.25) is 0 Å². The summed E-state index contributed by atoms with van der Waals surface area (Å²) in [5.41, 5.74) is 2.90. The average molecular weight is 337 g/mol. The molecule has 0 aliphatic carbocycles. The summed E-state index contributed by atoms with van der Waals surface area (Å²) in [5.74, 6) is 1.81. The van der Waals surface area contributed by atoms with Crippen molar-refractivity contribution in [1.82, 2.24) is 19.9 Å². The fourth-order valence-corrected chi connectivity index (χ4v) is 2.35. The van der Waals surface area contributed by atoms with E-state index in [1.165, 1.54) is 0 Å². The lowest BCUT2D eigenvalue weighted by molar-refractivity contribution is 0.393. The Hall–Kier alpha value is -3.22. The molecule has 25 heavy (non-hydrogen) atoms. The SMILES string of the molecule is COc1ncccc1CNc1ccc(-c2nc(C)c(C)c(=O)[nH]2)cn1. The van der Waals surface area contributed by atoms with Crippen molar-refractivity contribution >= 4 is 5.82 Å². The van der Waals surface area contributed by atoms with Gasteiger partial charge in [-0.3, -0.25) is 4.79 Å². The molecule has 128 valence electrons. The first-order chi connectivity index (χ1) is 12.1.